The zero-order valence-electron chi connectivity index (χ0n) is 9.97. The molecule has 17 heavy (non-hydrogen) atoms. The molecular weight excluding hydrogens is 254 g/mol. The number of nitrogens with two attached hydrogens (primary N) is 1. The number of hydrogen-bond donors (Lipinski definition) is 1. The number of nitrogens with zero attached hydrogens (tertiary/aromatic N) is 2. The molecule has 0 radical (unpaired) electrons. The van der Waals surface area contributed by atoms with Crippen LogP contribution in [0.25, 0.3) is 0 Å². The quantitative estimate of drug-likeness (QED) is 0.853. The summed E-state index contributed by atoms with van der Waals surface area (Å²) in [5, 5.41) is 0. The minimum Gasteiger partial charge on any atom is -0.330 e. The molecule has 1 fully saturated rings. The second kappa shape index (κ2) is 5.63. The Labute approximate surface area is 113 Å². The van der Waals surface area contributed by atoms with E-state index in [1.807, 2.05) is 0 Å². The van der Waals surface area contributed by atoms with E-state index in [0.29, 0.717) is 12.0 Å². The summed E-state index contributed by atoms with van der Waals surface area (Å²) in [7, 11) is 0. The van der Waals surface area contributed by atoms with Gasteiger partial charge in [0.2, 0.25) is 0 Å². The second-order valence-electron chi connectivity index (χ2n) is 4.93. The predicted octanol–water partition coefficient (Wildman–Crippen LogP) is 2.19. The number of halogens is 1. The van der Waals surface area contributed by atoms with Gasteiger partial charge in [-0.2, -0.15) is 11.8 Å². The average Bonchev–Trinajstić information content (AvgIpc) is 2.73. The van der Waals surface area contributed by atoms with Gasteiger partial charge in [0.1, 0.15) is 5.82 Å². The van der Waals surface area contributed by atoms with Gasteiger partial charge in [0.25, 0.3) is 0 Å². The maximum Gasteiger partial charge on any atom is 0.112 e. The number of hydrogen-bond acceptors (Lipinski definition) is 3. The van der Waals surface area contributed by atoms with Crippen LogP contribution < -0.4 is 5.73 Å². The maximum absolute atomic E-state index is 6.05. The fourth-order valence-electron chi connectivity index (χ4n) is 2.77. The number of imidazole rings is 1. The van der Waals surface area contributed by atoms with E-state index in [-0.39, 0.29) is 12.4 Å². The molecule has 0 spiro atoms. The zero-order chi connectivity index (χ0) is 11.0. The number of aryl methyl sites for hydroxylation is 1. The minimum atomic E-state index is 0. The molecule has 0 aliphatic carbocycles. The molecule has 0 bridgehead atoms. The van der Waals surface area contributed by atoms with Gasteiger partial charge in [-0.05, 0) is 31.4 Å². The van der Waals surface area contributed by atoms with E-state index in [9.17, 15) is 0 Å². The summed E-state index contributed by atoms with van der Waals surface area (Å²) in [6, 6.07) is 0.330. The van der Waals surface area contributed by atoms with Crippen LogP contribution >= 0.6 is 24.2 Å². The van der Waals surface area contributed by atoms with E-state index < -0.39 is 0 Å². The lowest BCUT2D eigenvalue weighted by Crippen LogP contribution is -2.33. The van der Waals surface area contributed by atoms with Crippen LogP contribution in [0.5, 0.6) is 0 Å². The standard InChI is InChI=1S/C12H19N3S.ClH/c13-10-3-4-11-6-14-12(15(11)7-10)9-2-1-5-16-8-9;/h6,9-10H,1-5,7-8,13H2;1H. The molecule has 3 rings (SSSR count). The normalized spacial score (nSPS) is 28.3. The van der Waals surface area contributed by atoms with Crippen LogP contribution in [0.4, 0.5) is 0 Å². The Bertz CT molecular complexity index is 374. The first-order chi connectivity index (χ1) is 7.84. The molecule has 96 valence electrons. The van der Waals surface area contributed by atoms with Gasteiger partial charge >= 0.3 is 0 Å². The molecule has 2 unspecified atom stereocenters. The third-order valence-electron chi connectivity index (χ3n) is 3.68. The smallest absolute Gasteiger partial charge is 0.112 e. The molecule has 1 saturated heterocycles. The lowest BCUT2D eigenvalue weighted by molar-refractivity contribution is 0.436. The summed E-state index contributed by atoms with van der Waals surface area (Å²) < 4.78 is 2.39. The molecule has 1 aromatic rings. The first kappa shape index (κ1) is 13.2. The van der Waals surface area contributed by atoms with Crippen LogP contribution in [0.15, 0.2) is 6.20 Å². The number of rotatable bonds is 1. The molecule has 2 aliphatic heterocycles. The maximum atomic E-state index is 6.05. The molecule has 2 aliphatic rings. The molecule has 0 aromatic carbocycles. The summed E-state index contributed by atoms with van der Waals surface area (Å²) in [5.74, 6) is 4.53. The second-order valence-corrected chi connectivity index (χ2v) is 6.08. The van der Waals surface area contributed by atoms with Crippen LogP contribution in [0, 0.1) is 0 Å². The van der Waals surface area contributed by atoms with Crippen molar-refractivity contribution >= 4 is 24.2 Å². The van der Waals surface area contributed by atoms with Crippen LogP contribution in [0.1, 0.15) is 36.7 Å². The molecule has 0 amide bonds. The highest BCUT2D eigenvalue weighted by Gasteiger charge is 2.25. The minimum absolute atomic E-state index is 0. The summed E-state index contributed by atoms with van der Waals surface area (Å²) in [4.78, 5) is 4.65. The van der Waals surface area contributed by atoms with Crippen molar-refractivity contribution in [2.45, 2.75) is 44.2 Å². The fraction of sp³-hybridized carbons (Fsp3) is 0.750. The van der Waals surface area contributed by atoms with Crippen molar-refractivity contribution in [2.75, 3.05) is 11.5 Å². The van der Waals surface area contributed by atoms with E-state index in [1.54, 1.807) is 0 Å². The van der Waals surface area contributed by atoms with E-state index in [4.69, 9.17) is 5.73 Å². The van der Waals surface area contributed by atoms with E-state index in [2.05, 4.69) is 27.5 Å². The van der Waals surface area contributed by atoms with Crippen molar-refractivity contribution in [3.8, 4) is 0 Å². The van der Waals surface area contributed by atoms with E-state index >= 15 is 0 Å². The summed E-state index contributed by atoms with van der Waals surface area (Å²) in [6.45, 7) is 0.978. The molecule has 3 nitrogen and oxygen atoms in total. The van der Waals surface area contributed by atoms with Gasteiger partial charge in [-0.3, -0.25) is 0 Å². The highest BCUT2D eigenvalue weighted by atomic mass is 35.5. The molecule has 5 heteroatoms. The Hall–Kier alpha value is -0.190. The summed E-state index contributed by atoms with van der Waals surface area (Å²) in [5.41, 5.74) is 7.45. The van der Waals surface area contributed by atoms with E-state index in [0.717, 1.165) is 19.4 Å². The Morgan fingerprint density at radius 1 is 1.41 bits per heavy atom. The van der Waals surface area contributed by atoms with Gasteiger partial charge < -0.3 is 10.3 Å². The van der Waals surface area contributed by atoms with Crippen molar-refractivity contribution in [2.24, 2.45) is 5.73 Å². The first-order valence-electron chi connectivity index (χ1n) is 6.22. The van der Waals surface area contributed by atoms with Crippen molar-refractivity contribution in [3.05, 3.63) is 17.7 Å². The summed E-state index contributed by atoms with van der Waals surface area (Å²) >= 11 is 2.07. The lowest BCUT2D eigenvalue weighted by Gasteiger charge is -2.26. The average molecular weight is 274 g/mol. The Morgan fingerprint density at radius 3 is 3.06 bits per heavy atom. The van der Waals surface area contributed by atoms with Gasteiger partial charge in [0.15, 0.2) is 0 Å². The number of fused-ring (bicyclic) bond motifs is 1. The van der Waals surface area contributed by atoms with Crippen LogP contribution in [0.2, 0.25) is 0 Å². The summed E-state index contributed by atoms with van der Waals surface area (Å²) in [6.07, 6.45) is 6.93. The van der Waals surface area contributed by atoms with E-state index in [1.165, 1.54) is 35.9 Å². The van der Waals surface area contributed by atoms with Crippen LogP contribution in [-0.2, 0) is 13.0 Å². The molecule has 2 atom stereocenters. The first-order valence-corrected chi connectivity index (χ1v) is 7.37. The van der Waals surface area contributed by atoms with Gasteiger partial charge in [0.05, 0.1) is 0 Å². The predicted molar refractivity (Wildman–Crippen MR) is 75.1 cm³/mol. The number of thioether (sulfide) groups is 1. The Kier molecular flexibility index (Phi) is 4.39. The molecule has 2 N–H and O–H groups in total. The highest BCUT2D eigenvalue weighted by molar-refractivity contribution is 7.99. The molecule has 1 aromatic heterocycles. The highest BCUT2D eigenvalue weighted by Crippen LogP contribution is 2.32. The fourth-order valence-corrected chi connectivity index (χ4v) is 3.90. The Morgan fingerprint density at radius 2 is 2.29 bits per heavy atom. The molecule has 0 saturated carbocycles. The van der Waals surface area contributed by atoms with Gasteiger partial charge in [-0.1, -0.05) is 0 Å². The zero-order valence-corrected chi connectivity index (χ0v) is 11.6. The number of aromatic nitrogens is 2. The molecule has 3 heterocycles. The SMILES string of the molecule is Cl.NC1CCc2cnc(C3CCCSC3)n2C1. The molecular formula is C12H20ClN3S. The largest absolute Gasteiger partial charge is 0.330 e. The van der Waals surface area contributed by atoms with Crippen molar-refractivity contribution in [3.63, 3.8) is 0 Å². The lowest BCUT2D eigenvalue weighted by atomic mass is 10.0. The van der Waals surface area contributed by atoms with Crippen LogP contribution in [0.3, 0.4) is 0 Å². The topological polar surface area (TPSA) is 43.8 Å². The van der Waals surface area contributed by atoms with Crippen molar-refractivity contribution < 1.29 is 0 Å². The van der Waals surface area contributed by atoms with Gasteiger partial charge in [0, 0.05) is 36.1 Å². The van der Waals surface area contributed by atoms with Crippen molar-refractivity contribution in [1.82, 2.24) is 9.55 Å². The van der Waals surface area contributed by atoms with Crippen molar-refractivity contribution in [1.29, 1.82) is 0 Å². The third-order valence-corrected chi connectivity index (χ3v) is 4.90. The Balaban J connectivity index is 0.00000108. The van der Waals surface area contributed by atoms with Gasteiger partial charge in [-0.25, -0.2) is 4.98 Å². The third kappa shape index (κ3) is 2.64. The monoisotopic (exact) mass is 273 g/mol. The van der Waals surface area contributed by atoms with Crippen LogP contribution in [-0.4, -0.2) is 27.1 Å². The van der Waals surface area contributed by atoms with Gasteiger partial charge in [-0.15, -0.1) is 12.4 Å².